The molecule has 2 N–H and O–H groups in total. The molecule has 0 aromatic carbocycles. The standard InChI is InChI=1S/C9H18O4S/c1-6-4-7(11)9(13-14(2)3)8(5-10)12-6/h6-11H,2,4-5H2,1,3H3/t6?,7?,8?,9-,14?/m0/s1. The van der Waals surface area contributed by atoms with E-state index in [1.807, 2.05) is 13.2 Å². The van der Waals surface area contributed by atoms with E-state index >= 15 is 0 Å². The van der Waals surface area contributed by atoms with Crippen molar-refractivity contribution >= 4 is 16.6 Å². The normalized spacial score (nSPS) is 40.9. The van der Waals surface area contributed by atoms with Gasteiger partial charge in [0, 0.05) is 12.7 Å². The molecule has 1 fully saturated rings. The van der Waals surface area contributed by atoms with Gasteiger partial charge in [0.05, 0.1) is 18.8 Å². The minimum absolute atomic E-state index is 0.0366. The quantitative estimate of drug-likeness (QED) is 0.667. The van der Waals surface area contributed by atoms with Crippen LogP contribution < -0.4 is 0 Å². The van der Waals surface area contributed by atoms with Crippen LogP contribution in [0.15, 0.2) is 0 Å². The lowest BCUT2D eigenvalue weighted by atomic mass is 9.99. The van der Waals surface area contributed by atoms with Gasteiger partial charge in [-0.3, -0.25) is 0 Å². The molecule has 0 bridgehead atoms. The molecular formula is C9H18O4S. The maximum absolute atomic E-state index is 9.75. The second kappa shape index (κ2) is 5.23. The smallest absolute Gasteiger partial charge is 0.126 e. The average molecular weight is 222 g/mol. The van der Waals surface area contributed by atoms with Crippen LogP contribution in [0.3, 0.4) is 0 Å². The Morgan fingerprint density at radius 2 is 2.29 bits per heavy atom. The molecule has 0 amide bonds. The summed E-state index contributed by atoms with van der Waals surface area (Å²) in [6, 6.07) is 0. The average Bonchev–Trinajstić information content (AvgIpc) is 2.08. The first-order valence-electron chi connectivity index (χ1n) is 4.61. The van der Waals surface area contributed by atoms with Crippen LogP contribution in [-0.4, -0.2) is 53.4 Å². The highest BCUT2D eigenvalue weighted by Gasteiger charge is 2.37. The van der Waals surface area contributed by atoms with Gasteiger partial charge >= 0.3 is 0 Å². The van der Waals surface area contributed by atoms with Gasteiger partial charge in [0.25, 0.3) is 0 Å². The fraction of sp³-hybridized carbons (Fsp3) is 0.889. The molecular weight excluding hydrogens is 204 g/mol. The Hall–Kier alpha value is 0.0600. The van der Waals surface area contributed by atoms with Crippen LogP contribution >= 0.6 is 10.8 Å². The van der Waals surface area contributed by atoms with E-state index < -0.39 is 29.1 Å². The van der Waals surface area contributed by atoms with E-state index in [0.717, 1.165) is 0 Å². The number of hydrogen-bond donors (Lipinski definition) is 2. The first kappa shape index (κ1) is 12.1. The zero-order valence-electron chi connectivity index (χ0n) is 8.55. The Labute approximate surface area is 87.0 Å². The van der Waals surface area contributed by atoms with Crippen LogP contribution in [0.5, 0.6) is 0 Å². The fourth-order valence-corrected chi connectivity index (χ4v) is 2.25. The van der Waals surface area contributed by atoms with Crippen molar-refractivity contribution < 1.29 is 19.1 Å². The molecule has 4 unspecified atom stereocenters. The van der Waals surface area contributed by atoms with Crippen LogP contribution in [0, 0.1) is 0 Å². The van der Waals surface area contributed by atoms with E-state index in [1.54, 1.807) is 0 Å². The van der Waals surface area contributed by atoms with Gasteiger partial charge in [0.15, 0.2) is 0 Å². The van der Waals surface area contributed by atoms with Crippen LogP contribution in [0.25, 0.3) is 0 Å². The van der Waals surface area contributed by atoms with Crippen LogP contribution in [0.1, 0.15) is 13.3 Å². The summed E-state index contributed by atoms with van der Waals surface area (Å²) in [6.07, 6.45) is 0.850. The minimum atomic E-state index is -0.576. The molecule has 5 atom stereocenters. The number of aliphatic hydroxyl groups is 2. The highest BCUT2D eigenvalue weighted by molar-refractivity contribution is 8.09. The van der Waals surface area contributed by atoms with E-state index in [2.05, 4.69) is 5.87 Å². The fourth-order valence-electron chi connectivity index (χ4n) is 1.62. The summed E-state index contributed by atoms with van der Waals surface area (Å²) in [5, 5.41) is 18.8. The third-order valence-electron chi connectivity index (χ3n) is 2.18. The number of ether oxygens (including phenoxy) is 1. The molecule has 0 aliphatic carbocycles. The van der Waals surface area contributed by atoms with Gasteiger partial charge < -0.3 is 19.1 Å². The first-order chi connectivity index (χ1) is 6.54. The third kappa shape index (κ3) is 3.03. The van der Waals surface area contributed by atoms with Gasteiger partial charge in [-0.1, -0.05) is 16.6 Å². The van der Waals surface area contributed by atoms with E-state index in [4.69, 9.17) is 14.0 Å². The molecule has 5 heteroatoms. The van der Waals surface area contributed by atoms with Crippen LogP contribution in [0.4, 0.5) is 0 Å². The molecule has 14 heavy (non-hydrogen) atoms. The van der Waals surface area contributed by atoms with E-state index in [-0.39, 0.29) is 12.7 Å². The van der Waals surface area contributed by atoms with Gasteiger partial charge in [-0.05, 0) is 6.92 Å². The van der Waals surface area contributed by atoms with E-state index in [9.17, 15) is 5.11 Å². The highest BCUT2D eigenvalue weighted by atomic mass is 32.2. The first-order valence-corrected chi connectivity index (χ1v) is 6.34. The summed E-state index contributed by atoms with van der Waals surface area (Å²) in [4.78, 5) is 0. The summed E-state index contributed by atoms with van der Waals surface area (Å²) in [5.41, 5.74) is 0. The predicted octanol–water partition coefficient (Wildman–Crippen LogP) is 0.148. The van der Waals surface area contributed by atoms with Crippen LogP contribution in [0.2, 0.25) is 0 Å². The summed E-state index contributed by atoms with van der Waals surface area (Å²) in [7, 11) is -0.468. The van der Waals surface area contributed by atoms with Crippen LogP contribution in [-0.2, 0) is 8.92 Å². The summed E-state index contributed by atoms with van der Waals surface area (Å²) >= 11 is 0. The highest BCUT2D eigenvalue weighted by Crippen LogP contribution is 2.26. The van der Waals surface area contributed by atoms with Gasteiger partial charge in [-0.2, -0.15) is 0 Å². The molecule has 0 aromatic rings. The molecule has 0 radical (unpaired) electrons. The molecule has 0 aromatic heterocycles. The Morgan fingerprint density at radius 3 is 2.79 bits per heavy atom. The summed E-state index contributed by atoms with van der Waals surface area (Å²) in [5.74, 6) is 3.71. The number of aliphatic hydroxyl groups excluding tert-OH is 2. The molecule has 1 aliphatic rings. The minimum Gasteiger partial charge on any atom is -0.394 e. The number of hydrogen-bond acceptors (Lipinski definition) is 4. The third-order valence-corrected chi connectivity index (χ3v) is 2.73. The second-order valence-corrected chi connectivity index (χ2v) is 4.94. The molecule has 0 spiro atoms. The molecule has 84 valence electrons. The molecule has 1 aliphatic heterocycles. The summed E-state index contributed by atoms with van der Waals surface area (Å²) in [6.45, 7) is 1.74. The molecule has 4 nitrogen and oxygen atoms in total. The summed E-state index contributed by atoms with van der Waals surface area (Å²) < 4.78 is 10.9. The van der Waals surface area contributed by atoms with Crippen molar-refractivity contribution in [1.29, 1.82) is 0 Å². The van der Waals surface area contributed by atoms with Gasteiger partial charge in [0.1, 0.15) is 12.2 Å². The van der Waals surface area contributed by atoms with Crippen molar-refractivity contribution in [2.45, 2.75) is 37.8 Å². The second-order valence-electron chi connectivity index (χ2n) is 3.60. The molecule has 1 saturated heterocycles. The Bertz CT molecular complexity index is 209. The Kier molecular flexibility index (Phi) is 4.53. The molecule has 1 heterocycles. The maximum atomic E-state index is 9.75. The molecule has 0 saturated carbocycles. The maximum Gasteiger partial charge on any atom is 0.126 e. The Morgan fingerprint density at radius 1 is 1.64 bits per heavy atom. The van der Waals surface area contributed by atoms with Crippen molar-refractivity contribution in [3.63, 3.8) is 0 Å². The van der Waals surface area contributed by atoms with E-state index in [0.29, 0.717) is 6.42 Å². The lowest BCUT2D eigenvalue weighted by Crippen LogP contribution is -2.49. The predicted molar refractivity (Wildman–Crippen MR) is 57.6 cm³/mol. The monoisotopic (exact) mass is 222 g/mol. The Balaban J connectivity index is 2.63. The van der Waals surface area contributed by atoms with Gasteiger partial charge in [-0.15, -0.1) is 0 Å². The lowest BCUT2D eigenvalue weighted by molar-refractivity contribution is -0.162. The lowest BCUT2D eigenvalue weighted by Gasteiger charge is -2.37. The van der Waals surface area contributed by atoms with Crippen molar-refractivity contribution in [3.05, 3.63) is 0 Å². The topological polar surface area (TPSA) is 58.9 Å². The van der Waals surface area contributed by atoms with Crippen molar-refractivity contribution in [2.75, 3.05) is 12.9 Å². The van der Waals surface area contributed by atoms with E-state index in [1.165, 1.54) is 0 Å². The van der Waals surface area contributed by atoms with Gasteiger partial charge in [-0.25, -0.2) is 0 Å². The molecule has 1 rings (SSSR count). The number of rotatable bonds is 3. The van der Waals surface area contributed by atoms with Crippen molar-refractivity contribution in [3.8, 4) is 0 Å². The van der Waals surface area contributed by atoms with Crippen molar-refractivity contribution in [1.82, 2.24) is 0 Å². The zero-order chi connectivity index (χ0) is 10.7. The SMILES string of the molecule is C=S(C)O[C@H]1C(O)CC(C)OC1CO. The van der Waals surface area contributed by atoms with Crippen molar-refractivity contribution in [2.24, 2.45) is 0 Å². The largest absolute Gasteiger partial charge is 0.394 e. The zero-order valence-corrected chi connectivity index (χ0v) is 9.37. The van der Waals surface area contributed by atoms with Gasteiger partial charge in [0.2, 0.25) is 0 Å².